The zero-order chi connectivity index (χ0) is 49.8. The highest BCUT2D eigenvalue weighted by molar-refractivity contribution is 7.92. The van der Waals surface area contributed by atoms with Gasteiger partial charge in [0.15, 0.2) is 5.95 Å². The number of anilines is 1. The molecule has 0 aliphatic carbocycles. The minimum atomic E-state index is -5.09. The number of methoxy groups -OCH3 is 3. The average molecular weight is 982 g/mol. The highest BCUT2D eigenvalue weighted by Crippen LogP contribution is 2.43. The van der Waals surface area contributed by atoms with E-state index in [0.717, 1.165) is 20.8 Å². The minimum Gasteiger partial charge on any atom is -0.497 e. The Hall–Kier alpha value is -7.60. The first-order chi connectivity index (χ1) is 32.7. The number of hydrogen-bond donors (Lipinski definition) is 5. The van der Waals surface area contributed by atoms with Crippen molar-refractivity contribution in [3.63, 3.8) is 0 Å². The van der Waals surface area contributed by atoms with E-state index in [9.17, 15) is 14.7 Å². The summed E-state index contributed by atoms with van der Waals surface area (Å²) in [4.78, 5) is 33.3. The van der Waals surface area contributed by atoms with Gasteiger partial charge in [0.05, 0.1) is 44.5 Å². The van der Waals surface area contributed by atoms with E-state index in [2.05, 4.69) is 30.1 Å². The number of tetrazole rings is 1. The van der Waals surface area contributed by atoms with Gasteiger partial charge in [-0.25, -0.2) is 31.3 Å². The third kappa shape index (κ3) is 10.8. The third-order valence-corrected chi connectivity index (χ3v) is 14.5. The highest BCUT2D eigenvalue weighted by atomic mass is 32.2. The number of aromatic nitrogens is 6. The molecule has 0 bridgehead atoms. The fraction of sp³-hybridized carbons (Fsp3) is 0.261. The molecule has 2 amide bonds. The van der Waals surface area contributed by atoms with Crippen molar-refractivity contribution in [1.29, 1.82) is 0 Å². The molecule has 0 saturated carbocycles. The SMILES string of the molecule is COc1ccc(CN(Cc2ccc(OC)cc2)S(=O)(=O)c2c(S(=O)(=O)NC[C@@H](C(N)=O)N(C(=O)O)C(C)(C)C)ccc(-c3cccc4[nH]c(N)nc34)c2-c2nnn(Cc3ccc(OC)cc3)n2)cc1. The molecule has 0 fully saturated rings. The molecule has 0 aliphatic rings. The number of nitrogens with two attached hydrogens (primary N) is 2. The summed E-state index contributed by atoms with van der Waals surface area (Å²) in [6.45, 7) is 3.11. The molecule has 23 heteroatoms. The third-order valence-electron chi connectivity index (χ3n) is 11.1. The van der Waals surface area contributed by atoms with Crippen LogP contribution >= 0.6 is 0 Å². The van der Waals surface area contributed by atoms with E-state index >= 15 is 16.8 Å². The van der Waals surface area contributed by atoms with Gasteiger partial charge >= 0.3 is 6.09 Å². The summed E-state index contributed by atoms with van der Waals surface area (Å²) < 4.78 is 81.8. The maximum absolute atomic E-state index is 16.1. The molecule has 7 aromatic rings. The second kappa shape index (κ2) is 19.9. The monoisotopic (exact) mass is 981 g/mol. The largest absolute Gasteiger partial charge is 0.497 e. The number of aromatic amines is 1. The molecule has 0 saturated heterocycles. The number of fused-ring (bicyclic) bond motifs is 1. The quantitative estimate of drug-likeness (QED) is 0.0724. The van der Waals surface area contributed by atoms with Gasteiger partial charge in [-0.3, -0.25) is 9.69 Å². The number of sulfonamides is 2. The molecule has 362 valence electrons. The topological polar surface area (TPSA) is 293 Å². The molecule has 0 spiro atoms. The van der Waals surface area contributed by atoms with Crippen LogP contribution in [0.5, 0.6) is 17.2 Å². The van der Waals surface area contributed by atoms with Crippen LogP contribution in [0.2, 0.25) is 0 Å². The average Bonchev–Trinajstić information content (AvgIpc) is 3.95. The molecule has 0 unspecified atom stereocenters. The molecule has 5 aromatic carbocycles. The zero-order valence-electron chi connectivity index (χ0n) is 38.4. The predicted molar refractivity (Wildman–Crippen MR) is 255 cm³/mol. The van der Waals surface area contributed by atoms with Gasteiger partial charge in [-0.1, -0.05) is 54.6 Å². The molecule has 1 atom stereocenters. The van der Waals surface area contributed by atoms with Crippen LogP contribution in [0.25, 0.3) is 33.5 Å². The fourth-order valence-electron chi connectivity index (χ4n) is 7.75. The number of benzene rings is 5. The lowest BCUT2D eigenvalue weighted by Crippen LogP contribution is -2.59. The number of carboxylic acid groups (broad SMARTS) is 1. The first-order valence-electron chi connectivity index (χ1n) is 21.1. The summed E-state index contributed by atoms with van der Waals surface area (Å²) in [5.41, 5.74) is 13.3. The van der Waals surface area contributed by atoms with E-state index in [4.69, 9.17) is 25.7 Å². The molecule has 2 aromatic heterocycles. The van der Waals surface area contributed by atoms with Crippen molar-refractivity contribution >= 4 is 49.0 Å². The second-order valence-electron chi connectivity index (χ2n) is 16.7. The maximum atomic E-state index is 16.1. The number of imidazole rings is 1. The van der Waals surface area contributed by atoms with E-state index in [1.54, 1.807) is 91.0 Å². The Balaban J connectivity index is 1.51. The first kappa shape index (κ1) is 49.3. The predicted octanol–water partition coefficient (Wildman–Crippen LogP) is 4.84. The lowest BCUT2D eigenvalue weighted by Gasteiger charge is -2.38. The van der Waals surface area contributed by atoms with Gasteiger partial charge in [0.1, 0.15) is 33.1 Å². The summed E-state index contributed by atoms with van der Waals surface area (Å²) in [7, 11) is -5.65. The van der Waals surface area contributed by atoms with E-state index in [0.29, 0.717) is 45.0 Å². The number of carbonyl (C=O) groups excluding carboxylic acids is 1. The smallest absolute Gasteiger partial charge is 0.408 e. The van der Waals surface area contributed by atoms with Crippen LogP contribution in [0.1, 0.15) is 37.5 Å². The molecule has 7 rings (SSSR count). The lowest BCUT2D eigenvalue weighted by atomic mass is 9.98. The highest BCUT2D eigenvalue weighted by Gasteiger charge is 2.41. The molecular weight excluding hydrogens is 931 g/mol. The molecule has 21 nitrogen and oxygen atoms in total. The Labute approximate surface area is 398 Å². The summed E-state index contributed by atoms with van der Waals surface area (Å²) >= 11 is 0. The normalized spacial score (nSPS) is 12.5. The van der Waals surface area contributed by atoms with Crippen LogP contribution in [0.3, 0.4) is 0 Å². The number of primary amides is 1. The Bertz CT molecular complexity index is 3160. The van der Waals surface area contributed by atoms with Crippen LogP contribution in [0.4, 0.5) is 10.7 Å². The van der Waals surface area contributed by atoms with Crippen molar-refractivity contribution in [2.24, 2.45) is 5.73 Å². The van der Waals surface area contributed by atoms with Gasteiger partial charge in [0, 0.05) is 30.7 Å². The number of hydrogen-bond acceptors (Lipinski definition) is 14. The van der Waals surface area contributed by atoms with E-state index in [1.807, 2.05) is 0 Å². The molecule has 7 N–H and O–H groups in total. The molecule has 69 heavy (non-hydrogen) atoms. The van der Waals surface area contributed by atoms with Crippen molar-refractivity contribution in [3.05, 3.63) is 120 Å². The van der Waals surface area contributed by atoms with Crippen molar-refractivity contribution in [2.75, 3.05) is 33.6 Å². The van der Waals surface area contributed by atoms with E-state index in [1.165, 1.54) is 53.0 Å². The fourth-order valence-corrected chi connectivity index (χ4v) is 11.2. The van der Waals surface area contributed by atoms with Crippen LogP contribution in [-0.2, 0) is 44.5 Å². The first-order valence-corrected chi connectivity index (χ1v) is 24.1. The maximum Gasteiger partial charge on any atom is 0.408 e. The van der Waals surface area contributed by atoms with Gasteiger partial charge in [0.2, 0.25) is 31.8 Å². The summed E-state index contributed by atoms with van der Waals surface area (Å²) in [6.07, 6.45) is -1.55. The van der Waals surface area contributed by atoms with Gasteiger partial charge in [0.25, 0.3) is 0 Å². The minimum absolute atomic E-state index is 0.0543. The van der Waals surface area contributed by atoms with Crippen LogP contribution < -0.4 is 30.4 Å². The van der Waals surface area contributed by atoms with Gasteiger partial charge in [-0.2, -0.15) is 9.10 Å². The molecule has 0 radical (unpaired) electrons. The zero-order valence-corrected chi connectivity index (χ0v) is 40.1. The number of nitrogens with one attached hydrogen (secondary N) is 2. The van der Waals surface area contributed by atoms with Gasteiger partial charge in [-0.05, 0) is 96.8 Å². The Morgan fingerprint density at radius 1 is 0.797 bits per heavy atom. The molecular formula is C46H51N11O10S2. The Morgan fingerprint density at radius 2 is 1.35 bits per heavy atom. The summed E-state index contributed by atoms with van der Waals surface area (Å²) in [6, 6.07) is 26.2. The standard InChI is InChI=1S/C46H51N11O10S2/c1-46(2,3)57(45(59)60)37(42(47)58)24-49-68(61,62)38-23-22-34(35-8-7-9-36-40(35)51-44(48)50-36)39(43-52-54-56(53-43)27-30-14-20-33(67-6)21-15-30)41(38)69(63,64)55(25-28-10-16-31(65-4)17-11-28)26-29-12-18-32(66-5)19-13-29/h7-23,37,49H,24-27H2,1-6H3,(H2,47,58)(H,59,60)(H3,48,50,51)/t37-/m0/s1. The van der Waals surface area contributed by atoms with E-state index < -0.39 is 60.0 Å². The number of para-hydroxylation sites is 1. The van der Waals surface area contributed by atoms with Crippen LogP contribution in [0, 0.1) is 0 Å². The molecule has 0 aliphatic heterocycles. The van der Waals surface area contributed by atoms with Crippen molar-refractivity contribution in [1.82, 2.24) is 44.1 Å². The number of nitrogens with zero attached hydrogens (tertiary/aromatic N) is 7. The number of ether oxygens (including phenoxy) is 3. The lowest BCUT2D eigenvalue weighted by molar-refractivity contribution is -0.124. The van der Waals surface area contributed by atoms with Crippen molar-refractivity contribution in [3.8, 4) is 39.8 Å². The summed E-state index contributed by atoms with van der Waals surface area (Å²) in [5.74, 6) is 0.235. The second-order valence-corrected chi connectivity index (χ2v) is 20.3. The number of nitrogen functional groups attached to an aromatic ring is 1. The number of carbonyl (C=O) groups is 2. The van der Waals surface area contributed by atoms with Crippen molar-refractivity contribution in [2.45, 2.75) is 61.8 Å². The number of H-pyrrole nitrogens is 1. The Morgan fingerprint density at radius 3 is 1.86 bits per heavy atom. The number of rotatable bonds is 19. The van der Waals surface area contributed by atoms with Crippen molar-refractivity contribution < 1.29 is 45.7 Å². The van der Waals surface area contributed by atoms with Gasteiger partial charge in [-0.15, -0.1) is 10.2 Å². The number of amides is 2. The van der Waals surface area contributed by atoms with Gasteiger partial charge < -0.3 is 35.8 Å². The van der Waals surface area contributed by atoms with E-state index in [-0.39, 0.29) is 42.5 Å². The Kier molecular flexibility index (Phi) is 14.2. The molecule has 2 heterocycles. The summed E-state index contributed by atoms with van der Waals surface area (Å²) in [5, 5.41) is 23.5. The van der Waals surface area contributed by atoms with Crippen LogP contribution in [0.15, 0.2) is 113 Å². The van der Waals surface area contributed by atoms with Crippen LogP contribution in [-0.4, -0.2) is 113 Å².